The van der Waals surface area contributed by atoms with Crippen molar-refractivity contribution >= 4 is 23.4 Å². The summed E-state index contributed by atoms with van der Waals surface area (Å²) in [5.74, 6) is 0.699. The van der Waals surface area contributed by atoms with Crippen LogP contribution in [-0.4, -0.2) is 38.4 Å². The molecule has 3 aliphatic rings. The Bertz CT molecular complexity index is 1230. The molecule has 0 unspecified atom stereocenters. The number of cyclic esters (lactones) is 1. The number of ether oxygens (including phenoxy) is 1. The van der Waals surface area contributed by atoms with E-state index in [1.54, 1.807) is 11.8 Å². The topological polar surface area (TPSA) is 56.5 Å². The van der Waals surface area contributed by atoms with Crippen molar-refractivity contribution in [1.82, 2.24) is 9.78 Å². The number of hydrogen-bond acceptors (Lipinski definition) is 5. The Morgan fingerprint density at radius 3 is 2.45 bits per heavy atom. The highest BCUT2D eigenvalue weighted by molar-refractivity contribution is 7.99. The lowest BCUT2D eigenvalue weighted by molar-refractivity contribution is -0.176. The second kappa shape index (κ2) is 6.33. The van der Waals surface area contributed by atoms with Crippen molar-refractivity contribution in [2.24, 2.45) is 10.9 Å². The summed E-state index contributed by atoms with van der Waals surface area (Å²) < 4.78 is 8.05. The number of carbonyl (C=O) groups is 1. The Morgan fingerprint density at radius 1 is 1.06 bits per heavy atom. The molecule has 3 aliphatic heterocycles. The van der Waals surface area contributed by atoms with Crippen LogP contribution in [0.3, 0.4) is 0 Å². The summed E-state index contributed by atoms with van der Waals surface area (Å²) in [5.41, 5.74) is 3.47. The highest BCUT2D eigenvalue weighted by Crippen LogP contribution is 2.61. The molecule has 31 heavy (non-hydrogen) atoms. The highest BCUT2D eigenvalue weighted by atomic mass is 32.2. The Kier molecular flexibility index (Phi) is 3.85. The SMILES string of the molecule is Cc1nn(-c2ccccc2)c2c1[C@H]1[C@@H](CS2)C(C)(C)OC(=O)[C@@]12N=C2c1ccccc1. The lowest BCUT2D eigenvalue weighted by Crippen LogP contribution is -2.58. The minimum absolute atomic E-state index is 0.0762. The fourth-order valence-corrected chi connectivity index (χ4v) is 6.87. The van der Waals surface area contributed by atoms with E-state index in [9.17, 15) is 4.79 Å². The summed E-state index contributed by atoms with van der Waals surface area (Å²) in [4.78, 5) is 18.3. The number of para-hydroxylation sites is 1. The van der Waals surface area contributed by atoms with Gasteiger partial charge in [0.2, 0.25) is 5.54 Å². The van der Waals surface area contributed by atoms with Crippen LogP contribution in [0.5, 0.6) is 0 Å². The molecule has 0 aliphatic carbocycles. The van der Waals surface area contributed by atoms with Crippen LogP contribution in [0, 0.1) is 12.8 Å². The first-order valence-corrected chi connectivity index (χ1v) is 11.6. The van der Waals surface area contributed by atoms with Crippen LogP contribution in [0.2, 0.25) is 0 Å². The summed E-state index contributed by atoms with van der Waals surface area (Å²) in [7, 11) is 0. The maximum Gasteiger partial charge on any atom is 0.341 e. The van der Waals surface area contributed by atoms with E-state index in [1.807, 2.05) is 74.0 Å². The van der Waals surface area contributed by atoms with Crippen molar-refractivity contribution in [2.75, 3.05) is 5.75 Å². The van der Waals surface area contributed by atoms with Gasteiger partial charge in [0.25, 0.3) is 0 Å². The van der Waals surface area contributed by atoms with Gasteiger partial charge in [-0.05, 0) is 38.5 Å². The minimum atomic E-state index is -0.938. The van der Waals surface area contributed by atoms with Crippen LogP contribution < -0.4 is 0 Å². The number of nitrogens with zero attached hydrogens (tertiary/aromatic N) is 3. The number of benzene rings is 2. The van der Waals surface area contributed by atoms with Crippen LogP contribution in [0.1, 0.15) is 36.6 Å². The van der Waals surface area contributed by atoms with E-state index in [2.05, 4.69) is 12.1 Å². The van der Waals surface area contributed by atoms with Gasteiger partial charge < -0.3 is 4.74 Å². The molecular formula is C25H23N3O2S. The lowest BCUT2D eigenvalue weighted by atomic mass is 9.66. The van der Waals surface area contributed by atoms with Crippen LogP contribution >= 0.6 is 11.8 Å². The molecule has 6 rings (SSSR count). The zero-order valence-electron chi connectivity index (χ0n) is 17.7. The summed E-state index contributed by atoms with van der Waals surface area (Å²) >= 11 is 1.80. The fraction of sp³-hybridized carbons (Fsp3) is 0.320. The monoisotopic (exact) mass is 429 g/mol. The number of fused-ring (bicyclic) bond motifs is 4. The fourth-order valence-electron chi connectivity index (χ4n) is 5.24. The lowest BCUT2D eigenvalue weighted by Gasteiger charge is -2.48. The number of aliphatic imine (C=N–C) groups is 1. The molecule has 3 aromatic rings. The third kappa shape index (κ3) is 2.54. The Labute approximate surface area is 185 Å². The molecule has 5 nitrogen and oxygen atoms in total. The van der Waals surface area contributed by atoms with Crippen molar-refractivity contribution < 1.29 is 9.53 Å². The average Bonchev–Trinajstić information content (AvgIpc) is 3.44. The summed E-state index contributed by atoms with van der Waals surface area (Å²) in [6.45, 7) is 6.11. The second-order valence-electron chi connectivity index (χ2n) is 9.03. The Balaban J connectivity index is 1.53. The molecule has 0 radical (unpaired) electrons. The third-order valence-corrected chi connectivity index (χ3v) is 8.02. The van der Waals surface area contributed by atoms with E-state index < -0.39 is 11.1 Å². The van der Waals surface area contributed by atoms with Gasteiger partial charge in [-0.15, -0.1) is 11.8 Å². The number of hydrogen-bond donors (Lipinski definition) is 0. The Morgan fingerprint density at radius 2 is 1.74 bits per heavy atom. The molecule has 2 aromatic carbocycles. The van der Waals surface area contributed by atoms with Gasteiger partial charge in [0.15, 0.2) is 0 Å². The van der Waals surface area contributed by atoms with Gasteiger partial charge in [0, 0.05) is 23.2 Å². The van der Waals surface area contributed by atoms with Crippen molar-refractivity contribution in [3.05, 3.63) is 77.5 Å². The molecule has 3 atom stereocenters. The molecule has 1 spiro atoms. The van der Waals surface area contributed by atoms with Crippen molar-refractivity contribution in [3.8, 4) is 5.69 Å². The van der Waals surface area contributed by atoms with Crippen molar-refractivity contribution in [3.63, 3.8) is 0 Å². The van der Waals surface area contributed by atoms with Gasteiger partial charge in [-0.25, -0.2) is 9.48 Å². The van der Waals surface area contributed by atoms with E-state index in [4.69, 9.17) is 14.8 Å². The highest BCUT2D eigenvalue weighted by Gasteiger charge is 2.70. The Hall–Kier alpha value is -2.86. The summed E-state index contributed by atoms with van der Waals surface area (Å²) in [5, 5.41) is 6.03. The number of thioether (sulfide) groups is 1. The number of aryl methyl sites for hydroxylation is 1. The first-order valence-electron chi connectivity index (χ1n) is 10.6. The molecule has 1 aromatic heterocycles. The van der Waals surface area contributed by atoms with Crippen LogP contribution in [-0.2, 0) is 9.53 Å². The quantitative estimate of drug-likeness (QED) is 0.560. The number of esters is 1. The normalized spacial score (nSPS) is 27.8. The molecule has 0 bridgehead atoms. The molecule has 0 amide bonds. The van der Waals surface area contributed by atoms with E-state index in [1.165, 1.54) is 0 Å². The molecular weight excluding hydrogens is 406 g/mol. The van der Waals surface area contributed by atoms with Gasteiger partial charge in [-0.3, -0.25) is 4.99 Å². The molecule has 0 N–H and O–H groups in total. The van der Waals surface area contributed by atoms with Gasteiger partial charge in [-0.1, -0.05) is 48.5 Å². The zero-order chi connectivity index (χ0) is 21.4. The standard InChI is InChI=1S/C25H23N3O2S/c1-15-19-20-18(14-31-22(19)28(27-15)17-12-8-5-9-13-17)24(2,3)30-23(29)25(20)21(26-25)16-10-6-4-7-11-16/h4-13,18,20H,14H2,1-3H3/t18-,20-,25-/m1/s1. The first-order chi connectivity index (χ1) is 14.9. The maximum absolute atomic E-state index is 13.5. The van der Waals surface area contributed by atoms with Crippen molar-refractivity contribution in [1.29, 1.82) is 0 Å². The number of carbonyl (C=O) groups excluding carboxylic acids is 1. The second-order valence-corrected chi connectivity index (χ2v) is 10.0. The predicted octanol–water partition coefficient (Wildman–Crippen LogP) is 4.56. The molecule has 6 heteroatoms. The number of rotatable bonds is 2. The summed E-state index contributed by atoms with van der Waals surface area (Å²) in [6.07, 6.45) is 0. The first kappa shape index (κ1) is 18.9. The van der Waals surface area contributed by atoms with E-state index in [-0.39, 0.29) is 17.8 Å². The van der Waals surface area contributed by atoms with E-state index in [0.29, 0.717) is 0 Å². The van der Waals surface area contributed by atoms with E-state index in [0.717, 1.165) is 39.0 Å². The smallest absolute Gasteiger partial charge is 0.341 e. The van der Waals surface area contributed by atoms with Crippen LogP contribution in [0.25, 0.3) is 5.69 Å². The van der Waals surface area contributed by atoms with Crippen LogP contribution in [0.15, 0.2) is 70.7 Å². The van der Waals surface area contributed by atoms with Gasteiger partial charge >= 0.3 is 5.97 Å². The minimum Gasteiger partial charge on any atom is -0.457 e. The van der Waals surface area contributed by atoms with Crippen LogP contribution in [0.4, 0.5) is 0 Å². The molecule has 4 heterocycles. The number of aromatic nitrogens is 2. The van der Waals surface area contributed by atoms with E-state index >= 15 is 0 Å². The van der Waals surface area contributed by atoms with Gasteiger partial charge in [-0.2, -0.15) is 5.10 Å². The van der Waals surface area contributed by atoms with Gasteiger partial charge in [0.05, 0.1) is 17.1 Å². The van der Waals surface area contributed by atoms with Crippen molar-refractivity contribution in [2.45, 2.75) is 42.9 Å². The van der Waals surface area contributed by atoms with Gasteiger partial charge in [0.1, 0.15) is 10.6 Å². The third-order valence-electron chi connectivity index (χ3n) is 6.83. The molecule has 1 saturated heterocycles. The zero-order valence-corrected chi connectivity index (χ0v) is 18.5. The molecule has 1 fully saturated rings. The summed E-state index contributed by atoms with van der Waals surface area (Å²) in [6, 6.07) is 20.2. The largest absolute Gasteiger partial charge is 0.457 e. The predicted molar refractivity (Wildman–Crippen MR) is 121 cm³/mol. The maximum atomic E-state index is 13.5. The average molecular weight is 430 g/mol. The molecule has 0 saturated carbocycles. The molecule has 156 valence electrons.